The fourth-order valence-corrected chi connectivity index (χ4v) is 4.58. The summed E-state index contributed by atoms with van der Waals surface area (Å²) in [5.74, 6) is 1.30. The number of carbonyl (C=O) groups excluding carboxylic acids is 1. The number of ether oxygens (including phenoxy) is 1. The summed E-state index contributed by atoms with van der Waals surface area (Å²) in [6.07, 6.45) is 5.95. The Morgan fingerprint density at radius 1 is 1.10 bits per heavy atom. The van der Waals surface area contributed by atoms with Gasteiger partial charge in [-0.3, -0.25) is 9.78 Å². The van der Waals surface area contributed by atoms with Gasteiger partial charge in [-0.25, -0.2) is 4.39 Å². The molecule has 1 aromatic heterocycles. The van der Waals surface area contributed by atoms with Gasteiger partial charge in [-0.2, -0.15) is 0 Å². The summed E-state index contributed by atoms with van der Waals surface area (Å²) in [6.45, 7) is 2.09. The average molecular weight is 407 g/mol. The number of nitrogens with zero attached hydrogens (tertiary/aromatic N) is 1. The van der Waals surface area contributed by atoms with Gasteiger partial charge in [0.2, 0.25) is 0 Å². The van der Waals surface area contributed by atoms with Gasteiger partial charge in [-0.15, -0.1) is 0 Å². The monoisotopic (exact) mass is 406 g/mol. The van der Waals surface area contributed by atoms with Gasteiger partial charge in [0.25, 0.3) is 5.91 Å². The van der Waals surface area contributed by atoms with E-state index in [1.807, 2.05) is 12.3 Å². The Morgan fingerprint density at radius 2 is 1.83 bits per heavy atom. The van der Waals surface area contributed by atoms with E-state index < -0.39 is 0 Å². The van der Waals surface area contributed by atoms with Crippen LogP contribution in [0.1, 0.15) is 54.4 Å². The van der Waals surface area contributed by atoms with Crippen LogP contribution >= 0.6 is 0 Å². The van der Waals surface area contributed by atoms with E-state index in [1.165, 1.54) is 11.6 Å². The van der Waals surface area contributed by atoms with Crippen LogP contribution in [0.2, 0.25) is 0 Å². The average Bonchev–Trinajstić information content (AvgIpc) is 2.78. The smallest absolute Gasteiger partial charge is 0.251 e. The molecule has 1 aliphatic carbocycles. The van der Waals surface area contributed by atoms with Crippen LogP contribution in [0.4, 0.5) is 4.39 Å². The Bertz CT molecular complexity index is 1030. The van der Waals surface area contributed by atoms with E-state index in [1.54, 1.807) is 43.5 Å². The molecule has 1 heterocycles. The number of fused-ring (bicyclic) bond motifs is 1. The molecular weight excluding hydrogens is 379 g/mol. The molecule has 0 saturated heterocycles. The normalized spacial score (nSPS) is 20.0. The Labute approximate surface area is 176 Å². The molecule has 156 valence electrons. The number of rotatable bonds is 5. The minimum absolute atomic E-state index is 0.0529. The third-order valence-corrected chi connectivity index (χ3v) is 6.37. The van der Waals surface area contributed by atoms with Crippen molar-refractivity contribution in [3.8, 4) is 5.75 Å². The molecule has 0 spiro atoms. The largest absolute Gasteiger partial charge is 0.497 e. The van der Waals surface area contributed by atoms with Gasteiger partial charge in [-0.05, 0) is 98.5 Å². The second kappa shape index (κ2) is 8.82. The van der Waals surface area contributed by atoms with Gasteiger partial charge in [0.1, 0.15) is 11.6 Å². The standard InChI is InChI=1S/C25H27FN2O2/c1-16(28-25(29)19-7-10-21(30-2)11-8-19)17-3-5-18(6-4-17)22-13-14-27-24-12-9-20(26)15-23(22)24/h7-18H,3-6H2,1-2H3,(H,28,29)/t16-,17?,18?/m1/s1. The van der Waals surface area contributed by atoms with Crippen LogP contribution in [0, 0.1) is 11.7 Å². The van der Waals surface area contributed by atoms with Gasteiger partial charge >= 0.3 is 0 Å². The molecule has 2 aromatic carbocycles. The van der Waals surface area contributed by atoms with Crippen LogP contribution in [0.5, 0.6) is 5.75 Å². The van der Waals surface area contributed by atoms with Gasteiger partial charge in [0.05, 0.1) is 12.6 Å². The molecule has 30 heavy (non-hydrogen) atoms. The first-order valence-corrected chi connectivity index (χ1v) is 10.5. The predicted molar refractivity (Wildman–Crippen MR) is 116 cm³/mol. The van der Waals surface area contributed by atoms with Crippen molar-refractivity contribution >= 4 is 16.8 Å². The number of nitrogens with one attached hydrogen (secondary N) is 1. The molecule has 1 saturated carbocycles. The number of benzene rings is 2. The minimum Gasteiger partial charge on any atom is -0.497 e. The van der Waals surface area contributed by atoms with Crippen LogP contribution in [-0.4, -0.2) is 24.0 Å². The van der Waals surface area contributed by atoms with Crippen molar-refractivity contribution in [2.75, 3.05) is 7.11 Å². The van der Waals surface area contributed by atoms with Crippen LogP contribution in [0.15, 0.2) is 54.7 Å². The summed E-state index contributed by atoms with van der Waals surface area (Å²) in [7, 11) is 1.61. The fraction of sp³-hybridized carbons (Fsp3) is 0.360. The summed E-state index contributed by atoms with van der Waals surface area (Å²) >= 11 is 0. The van der Waals surface area contributed by atoms with Gasteiger partial charge in [0.15, 0.2) is 0 Å². The van der Waals surface area contributed by atoms with E-state index in [2.05, 4.69) is 17.2 Å². The van der Waals surface area contributed by atoms with Crippen LogP contribution in [-0.2, 0) is 0 Å². The number of hydrogen-bond donors (Lipinski definition) is 1. The lowest BCUT2D eigenvalue weighted by Gasteiger charge is -2.33. The molecule has 1 atom stereocenters. The van der Waals surface area contributed by atoms with E-state index in [4.69, 9.17) is 4.74 Å². The van der Waals surface area contributed by atoms with E-state index in [0.717, 1.165) is 42.3 Å². The number of aromatic nitrogens is 1. The van der Waals surface area contributed by atoms with Crippen molar-refractivity contribution < 1.29 is 13.9 Å². The first-order chi connectivity index (χ1) is 14.5. The minimum atomic E-state index is -0.222. The molecule has 4 rings (SSSR count). The Balaban J connectivity index is 1.38. The number of pyridine rings is 1. The predicted octanol–water partition coefficient (Wildman–Crippen LogP) is 5.47. The number of hydrogen-bond acceptors (Lipinski definition) is 3. The molecule has 1 fully saturated rings. The van der Waals surface area contributed by atoms with Gasteiger partial charge in [-0.1, -0.05) is 0 Å². The van der Waals surface area contributed by atoms with Crippen molar-refractivity contribution in [1.29, 1.82) is 0 Å². The molecule has 1 N–H and O–H groups in total. The molecular formula is C25H27FN2O2. The van der Waals surface area contributed by atoms with Crippen molar-refractivity contribution in [1.82, 2.24) is 10.3 Å². The first kappa shape index (κ1) is 20.3. The van der Waals surface area contributed by atoms with E-state index in [0.29, 0.717) is 17.4 Å². The Kier molecular flexibility index (Phi) is 5.98. The van der Waals surface area contributed by atoms with Crippen LogP contribution in [0.3, 0.4) is 0 Å². The second-order valence-corrected chi connectivity index (χ2v) is 8.16. The maximum absolute atomic E-state index is 13.8. The molecule has 0 aliphatic heterocycles. The number of halogens is 1. The highest BCUT2D eigenvalue weighted by Crippen LogP contribution is 2.39. The summed E-state index contributed by atoms with van der Waals surface area (Å²) in [5, 5.41) is 4.07. The van der Waals surface area contributed by atoms with Gasteiger partial charge < -0.3 is 10.1 Å². The lowest BCUT2D eigenvalue weighted by atomic mass is 9.75. The van der Waals surface area contributed by atoms with Crippen LogP contribution < -0.4 is 10.1 Å². The molecule has 1 aliphatic rings. The maximum atomic E-state index is 13.8. The SMILES string of the molecule is COc1ccc(C(=O)N[C@H](C)C2CCC(c3ccnc4ccc(F)cc34)CC2)cc1. The number of carbonyl (C=O) groups is 1. The Morgan fingerprint density at radius 3 is 2.53 bits per heavy atom. The highest BCUT2D eigenvalue weighted by atomic mass is 19.1. The third-order valence-electron chi connectivity index (χ3n) is 6.37. The lowest BCUT2D eigenvalue weighted by molar-refractivity contribution is 0.0918. The van der Waals surface area contributed by atoms with E-state index >= 15 is 0 Å². The van der Waals surface area contributed by atoms with Crippen molar-refractivity contribution in [3.05, 3.63) is 71.7 Å². The topological polar surface area (TPSA) is 51.2 Å². The molecule has 1 amide bonds. The molecule has 0 unspecified atom stereocenters. The highest BCUT2D eigenvalue weighted by molar-refractivity contribution is 5.94. The second-order valence-electron chi connectivity index (χ2n) is 8.16. The molecule has 0 bridgehead atoms. The third kappa shape index (κ3) is 4.30. The summed E-state index contributed by atoms with van der Waals surface area (Å²) in [5.41, 5.74) is 2.67. The lowest BCUT2D eigenvalue weighted by Crippen LogP contribution is -2.39. The van der Waals surface area contributed by atoms with Crippen LogP contribution in [0.25, 0.3) is 10.9 Å². The summed E-state index contributed by atoms with van der Waals surface area (Å²) in [6, 6.07) is 14.1. The van der Waals surface area contributed by atoms with Crippen molar-refractivity contribution in [2.45, 2.75) is 44.6 Å². The molecule has 0 radical (unpaired) electrons. The van der Waals surface area contributed by atoms with Crippen molar-refractivity contribution in [3.63, 3.8) is 0 Å². The first-order valence-electron chi connectivity index (χ1n) is 10.5. The maximum Gasteiger partial charge on any atom is 0.251 e. The molecule has 5 heteroatoms. The Hall–Kier alpha value is -2.95. The fourth-order valence-electron chi connectivity index (χ4n) is 4.58. The van der Waals surface area contributed by atoms with Crippen molar-refractivity contribution in [2.24, 2.45) is 5.92 Å². The molecule has 4 nitrogen and oxygen atoms in total. The number of amides is 1. The van der Waals surface area contributed by atoms with Gasteiger partial charge in [0, 0.05) is 23.2 Å². The quantitative estimate of drug-likeness (QED) is 0.611. The number of methoxy groups -OCH3 is 1. The van der Waals surface area contributed by atoms with E-state index in [9.17, 15) is 9.18 Å². The van der Waals surface area contributed by atoms with E-state index in [-0.39, 0.29) is 17.8 Å². The summed E-state index contributed by atoms with van der Waals surface area (Å²) < 4.78 is 18.9. The zero-order valence-electron chi connectivity index (χ0n) is 17.4. The zero-order chi connectivity index (χ0) is 21.1. The zero-order valence-corrected chi connectivity index (χ0v) is 17.4. The highest BCUT2D eigenvalue weighted by Gasteiger charge is 2.28. The summed E-state index contributed by atoms with van der Waals surface area (Å²) in [4.78, 5) is 16.9. The molecule has 3 aromatic rings.